The number of aromatic nitrogens is 3. The molecule has 6 N–H and O–H groups in total. The molecule has 320 valence electrons. The van der Waals surface area contributed by atoms with Crippen LogP contribution in [0.15, 0.2) is 34.4 Å². The van der Waals surface area contributed by atoms with Crippen LogP contribution < -0.4 is 16.0 Å². The minimum absolute atomic E-state index is 0.0859. The lowest BCUT2D eigenvalue weighted by atomic mass is 9.86. The van der Waals surface area contributed by atoms with E-state index in [0.717, 1.165) is 46.2 Å². The topological polar surface area (TPSA) is 240 Å². The molecule has 0 saturated carbocycles. The summed E-state index contributed by atoms with van der Waals surface area (Å²) in [5.41, 5.74) is 7.52. The number of pyridine rings is 2. The van der Waals surface area contributed by atoms with Crippen molar-refractivity contribution in [3.8, 4) is 17.1 Å². The Labute approximate surface area is 349 Å². The quantitative estimate of drug-likeness (QED) is 0.148. The molecule has 0 radical (unpaired) electrons. The number of fused-ring (bicyclic) bond motifs is 5. The molecule has 3 aromatic heterocycles. The number of esters is 1. The van der Waals surface area contributed by atoms with E-state index in [-0.39, 0.29) is 30.4 Å². The fourth-order valence-electron chi connectivity index (χ4n) is 9.11. The number of nitrogens with two attached hydrogens (primary N) is 1. The summed E-state index contributed by atoms with van der Waals surface area (Å²) >= 11 is 1.10. The lowest BCUT2D eigenvalue weighted by Crippen LogP contribution is -2.48. The van der Waals surface area contributed by atoms with Crippen molar-refractivity contribution in [2.24, 2.45) is 5.73 Å². The number of amides is 2. The van der Waals surface area contributed by atoms with Crippen molar-refractivity contribution in [3.05, 3.63) is 73.0 Å². The number of likely N-dealkylation sites (tertiary alicyclic amines) is 2. The van der Waals surface area contributed by atoms with Crippen LogP contribution in [0.3, 0.4) is 0 Å². The summed E-state index contributed by atoms with van der Waals surface area (Å²) in [6.45, 7) is 7.25. The zero-order chi connectivity index (χ0) is 42.5. The van der Waals surface area contributed by atoms with Gasteiger partial charge in [0.05, 0.1) is 35.6 Å². The third-order valence-electron chi connectivity index (χ3n) is 12.5. The van der Waals surface area contributed by atoms with Crippen LogP contribution >= 0.6 is 11.3 Å². The molecule has 5 aliphatic heterocycles. The second-order valence-electron chi connectivity index (χ2n) is 15.9. The molecule has 8 heterocycles. The maximum atomic E-state index is 13.6. The van der Waals surface area contributed by atoms with Gasteiger partial charge in [-0.1, -0.05) is 20.3 Å². The van der Waals surface area contributed by atoms with Crippen LogP contribution in [0.25, 0.3) is 22.3 Å². The van der Waals surface area contributed by atoms with Crippen molar-refractivity contribution in [1.29, 1.82) is 0 Å². The maximum Gasteiger partial charge on any atom is 0.415 e. The van der Waals surface area contributed by atoms with E-state index in [1.807, 2.05) is 17.0 Å². The molecule has 0 unspecified atom stereocenters. The summed E-state index contributed by atoms with van der Waals surface area (Å²) in [6.07, 6.45) is 2.21. The summed E-state index contributed by atoms with van der Waals surface area (Å²) in [5.74, 6) is -0.933. The third-order valence-corrected chi connectivity index (χ3v) is 13.4. The van der Waals surface area contributed by atoms with Crippen molar-refractivity contribution in [3.63, 3.8) is 0 Å². The Morgan fingerprint density at radius 1 is 1.02 bits per heavy atom. The average Bonchev–Trinajstić information content (AvgIpc) is 3.98. The number of aliphatic hydroxyl groups excluding tert-OH is 3. The summed E-state index contributed by atoms with van der Waals surface area (Å²) < 4.78 is 18.0. The van der Waals surface area contributed by atoms with Gasteiger partial charge in [-0.05, 0) is 81.4 Å². The molecule has 2 amide bonds. The van der Waals surface area contributed by atoms with E-state index in [1.54, 1.807) is 23.6 Å². The van der Waals surface area contributed by atoms with Gasteiger partial charge in [-0.15, -0.1) is 11.3 Å². The van der Waals surface area contributed by atoms with E-state index in [1.165, 1.54) is 37.7 Å². The van der Waals surface area contributed by atoms with Gasteiger partial charge < -0.3 is 54.7 Å². The van der Waals surface area contributed by atoms with Gasteiger partial charge in [-0.3, -0.25) is 9.59 Å². The largest absolute Gasteiger partial charge is 0.458 e. The van der Waals surface area contributed by atoms with E-state index < -0.39 is 48.5 Å². The standard InChI is InChI=1S/C33H38N4O6.C9H12N2O5S/c1-3-22-23-16-21(43-32(40)36-14-10-20(11-15-36)35-12-6-5-7-13-35)8-9-27(23)34-29-24(22)18-37-28(29)17-26-25(30(37)38)19-42-31(39)33(26,41)4-2;10-8(15)3-2-17-9(11-3)7-6(14)5(13)4(1-12)16-7/h8-9,16-17,20,41H,3-7,10-15,18-19H2,1-2H3;2,4-7,12-14H,1H2,(H2,10,15)/t33-;4-,5-,6-,7-/m01/s1. The molecule has 60 heavy (non-hydrogen) atoms. The molecule has 5 aliphatic rings. The van der Waals surface area contributed by atoms with Crippen LogP contribution in [0, 0.1) is 0 Å². The predicted molar refractivity (Wildman–Crippen MR) is 217 cm³/mol. The van der Waals surface area contributed by atoms with E-state index in [2.05, 4.69) is 16.8 Å². The number of hydrogen-bond donors (Lipinski definition) is 5. The number of ether oxygens (including phenoxy) is 3. The molecule has 0 bridgehead atoms. The van der Waals surface area contributed by atoms with Crippen molar-refractivity contribution in [1.82, 2.24) is 24.3 Å². The number of thiazole rings is 1. The van der Waals surface area contributed by atoms with Gasteiger partial charge in [-0.2, -0.15) is 0 Å². The molecule has 1 aromatic carbocycles. The first-order valence-electron chi connectivity index (χ1n) is 20.6. The van der Waals surface area contributed by atoms with Gasteiger partial charge in [-0.25, -0.2) is 19.6 Å². The molecule has 0 spiro atoms. The zero-order valence-corrected chi connectivity index (χ0v) is 34.4. The summed E-state index contributed by atoms with van der Waals surface area (Å²) in [5, 5.41) is 42.0. The van der Waals surface area contributed by atoms with E-state index >= 15 is 0 Å². The highest BCUT2D eigenvalue weighted by Gasteiger charge is 2.46. The van der Waals surface area contributed by atoms with Gasteiger partial charge >= 0.3 is 12.1 Å². The van der Waals surface area contributed by atoms with Gasteiger partial charge in [0.15, 0.2) is 5.60 Å². The Balaban J connectivity index is 0.000000246. The molecule has 5 atom stereocenters. The first kappa shape index (κ1) is 41.9. The first-order valence-corrected chi connectivity index (χ1v) is 21.5. The molecule has 3 saturated heterocycles. The number of cyclic esters (lactones) is 1. The smallest absolute Gasteiger partial charge is 0.415 e. The monoisotopic (exact) mass is 846 g/mol. The fraction of sp³-hybridized carbons (Fsp3) is 0.524. The normalized spacial score (nSPS) is 25.2. The summed E-state index contributed by atoms with van der Waals surface area (Å²) in [6, 6.07) is 7.77. The summed E-state index contributed by atoms with van der Waals surface area (Å²) in [4.78, 5) is 63.3. The number of rotatable bonds is 7. The van der Waals surface area contributed by atoms with Crippen LogP contribution in [0.1, 0.15) is 96.2 Å². The molecule has 18 heteroatoms. The molecule has 17 nitrogen and oxygen atoms in total. The molecular weight excluding hydrogens is 797 g/mol. The molecule has 0 aliphatic carbocycles. The van der Waals surface area contributed by atoms with Crippen LogP contribution in [0.2, 0.25) is 0 Å². The van der Waals surface area contributed by atoms with Crippen molar-refractivity contribution in [2.45, 2.75) is 108 Å². The van der Waals surface area contributed by atoms with E-state index in [4.69, 9.17) is 30.0 Å². The predicted octanol–water partition coefficient (Wildman–Crippen LogP) is 2.49. The number of aryl methyl sites for hydroxylation is 1. The van der Waals surface area contributed by atoms with Crippen LogP contribution in [0.4, 0.5) is 4.79 Å². The number of carbonyl (C=O) groups is 3. The molecule has 4 aromatic rings. The Hall–Kier alpha value is -4.82. The van der Waals surface area contributed by atoms with Gasteiger partial charge in [0.25, 0.3) is 11.5 Å². The zero-order valence-electron chi connectivity index (χ0n) is 33.5. The number of primary amides is 1. The van der Waals surface area contributed by atoms with Crippen LogP contribution in [-0.2, 0) is 39.4 Å². The lowest BCUT2D eigenvalue weighted by Gasteiger charge is -2.39. The van der Waals surface area contributed by atoms with Crippen molar-refractivity contribution >= 4 is 40.2 Å². The van der Waals surface area contributed by atoms with Crippen molar-refractivity contribution in [2.75, 3.05) is 32.8 Å². The maximum absolute atomic E-state index is 13.6. The molecule has 9 rings (SSSR count). The van der Waals surface area contributed by atoms with E-state index in [0.29, 0.717) is 65.4 Å². The Morgan fingerprint density at radius 3 is 2.42 bits per heavy atom. The number of piperidine rings is 2. The number of nitrogens with zero attached hydrogens (tertiary/aromatic N) is 5. The number of aliphatic hydroxyl groups is 4. The van der Waals surface area contributed by atoms with Crippen LogP contribution in [-0.4, -0.2) is 120 Å². The second kappa shape index (κ2) is 16.9. The SMILES string of the molecule is CCc1c2c(nc3ccc(OC(=O)N4CCC(N5CCCCC5)CC4)cc13)-c1cc3c(c(=O)n1C2)COC(=O)[C@]3(O)CC.NC(=O)c1csc([C@@H]2O[C@H](CO)[C@@H](O)[C@H]2O)n1. The number of benzene rings is 1. The Bertz CT molecular complexity index is 2370. The highest BCUT2D eigenvalue weighted by molar-refractivity contribution is 7.09. The highest BCUT2D eigenvalue weighted by atomic mass is 32.1. The molecule has 3 fully saturated rings. The van der Waals surface area contributed by atoms with E-state index in [9.17, 15) is 34.5 Å². The van der Waals surface area contributed by atoms with Gasteiger partial charge in [0, 0.05) is 41.0 Å². The first-order chi connectivity index (χ1) is 28.9. The molecular formula is C42H50N6O11S. The second-order valence-corrected chi connectivity index (χ2v) is 16.8. The fourth-order valence-corrected chi connectivity index (χ4v) is 9.99. The third kappa shape index (κ3) is 7.47. The van der Waals surface area contributed by atoms with Crippen LogP contribution in [0.5, 0.6) is 5.75 Å². The lowest BCUT2D eigenvalue weighted by molar-refractivity contribution is -0.172. The highest BCUT2D eigenvalue weighted by Crippen LogP contribution is 2.41. The Kier molecular flexibility index (Phi) is 11.8. The number of hydrogen-bond acceptors (Lipinski definition) is 15. The minimum Gasteiger partial charge on any atom is -0.458 e. The summed E-state index contributed by atoms with van der Waals surface area (Å²) in [7, 11) is 0. The Morgan fingerprint density at radius 2 is 1.77 bits per heavy atom. The van der Waals surface area contributed by atoms with Gasteiger partial charge in [0.2, 0.25) is 0 Å². The number of carbonyl (C=O) groups excluding carboxylic acids is 3. The van der Waals surface area contributed by atoms with Gasteiger partial charge in [0.1, 0.15) is 47.5 Å². The average molecular weight is 847 g/mol. The van der Waals surface area contributed by atoms with Crippen molar-refractivity contribution < 1.29 is 49.0 Å². The minimum atomic E-state index is -1.86.